The molecule has 0 radical (unpaired) electrons. The first-order valence-corrected chi connectivity index (χ1v) is 19.7. The highest BCUT2D eigenvalue weighted by atomic mass is 32.2. The lowest BCUT2D eigenvalue weighted by atomic mass is 9.74. The lowest BCUT2D eigenvalue weighted by Crippen LogP contribution is -2.41. The molecule has 47 heavy (non-hydrogen) atoms. The highest BCUT2D eigenvalue weighted by Crippen LogP contribution is 2.61. The largest absolute Gasteiger partial charge is 0.342 e. The minimum Gasteiger partial charge on any atom is -0.342 e. The fourth-order valence-corrected chi connectivity index (χ4v) is 12.4. The number of anilines is 1. The summed E-state index contributed by atoms with van der Waals surface area (Å²) in [7, 11) is 0. The van der Waals surface area contributed by atoms with Gasteiger partial charge in [-0.25, -0.2) is 0 Å². The highest BCUT2D eigenvalue weighted by Gasteiger charge is 2.48. The molecule has 6 unspecified atom stereocenters. The van der Waals surface area contributed by atoms with Crippen LogP contribution in [-0.4, -0.2) is 11.3 Å². The molecule has 1 nitrogen and oxygen atoms in total. The minimum atomic E-state index is 0.130. The number of rotatable bonds is 4. The molecule has 1 saturated carbocycles. The van der Waals surface area contributed by atoms with Crippen LogP contribution >= 0.6 is 11.8 Å². The van der Waals surface area contributed by atoms with Crippen LogP contribution in [0.2, 0.25) is 0 Å². The van der Waals surface area contributed by atoms with Crippen LogP contribution in [0.15, 0.2) is 102 Å². The van der Waals surface area contributed by atoms with E-state index >= 15 is 0 Å². The Morgan fingerprint density at radius 1 is 0.809 bits per heavy atom. The van der Waals surface area contributed by atoms with Crippen molar-refractivity contribution < 1.29 is 0 Å². The van der Waals surface area contributed by atoms with Gasteiger partial charge in [-0.3, -0.25) is 0 Å². The normalized spacial score (nSPS) is 32.0. The van der Waals surface area contributed by atoms with Crippen molar-refractivity contribution in [3.05, 3.63) is 120 Å². The summed E-state index contributed by atoms with van der Waals surface area (Å²) in [5.74, 6) is 2.74. The first kappa shape index (κ1) is 30.1. The Kier molecular flexibility index (Phi) is 7.60. The Morgan fingerprint density at radius 3 is 2.47 bits per heavy atom. The second-order valence-electron chi connectivity index (χ2n) is 16.0. The van der Waals surface area contributed by atoms with E-state index in [0.717, 1.165) is 12.3 Å². The summed E-state index contributed by atoms with van der Waals surface area (Å²) < 4.78 is 0. The summed E-state index contributed by atoms with van der Waals surface area (Å²) in [5.41, 5.74) is 12.0. The number of hydrogen-bond acceptors (Lipinski definition) is 2. The van der Waals surface area contributed by atoms with Crippen molar-refractivity contribution in [2.24, 2.45) is 23.7 Å². The van der Waals surface area contributed by atoms with Gasteiger partial charge in [-0.15, -0.1) is 11.8 Å². The molecule has 2 heteroatoms. The van der Waals surface area contributed by atoms with Crippen molar-refractivity contribution in [3.63, 3.8) is 0 Å². The average molecular weight is 638 g/mol. The van der Waals surface area contributed by atoms with Gasteiger partial charge in [0, 0.05) is 45.3 Å². The lowest BCUT2D eigenvalue weighted by molar-refractivity contribution is 0.341. The van der Waals surface area contributed by atoms with E-state index in [0.29, 0.717) is 35.0 Å². The van der Waals surface area contributed by atoms with Gasteiger partial charge in [-0.1, -0.05) is 106 Å². The Hall–Kier alpha value is -2.97. The van der Waals surface area contributed by atoms with Gasteiger partial charge in [0.2, 0.25) is 0 Å². The number of allylic oxidation sites excluding steroid dienone is 11. The molecule has 0 N–H and O–H groups in total. The van der Waals surface area contributed by atoms with Crippen LogP contribution in [0.4, 0.5) is 5.69 Å². The Balaban J connectivity index is 1.06. The average Bonchev–Trinajstić information content (AvgIpc) is 3.35. The zero-order valence-corrected chi connectivity index (χ0v) is 29.3. The van der Waals surface area contributed by atoms with E-state index in [4.69, 9.17) is 6.58 Å². The van der Waals surface area contributed by atoms with Crippen molar-refractivity contribution in [1.29, 1.82) is 0 Å². The van der Waals surface area contributed by atoms with E-state index in [1.165, 1.54) is 103 Å². The number of fused-ring (bicyclic) bond motifs is 7. The standard InChI is InChI=1S/C45H51NS/c1-29-42-35(19-12-22-40(42)47-41-28-27-38-44(43(29)41)36-18-9-10-20-37(36)45(38,2)3)31-23-25-33(26-24-31)46(32-15-5-4-6-16-32)39-21-11-14-30-13-7-8-17-34(30)39/h7,9-10,13,18-21,23-28,30,32,34,36-37,40,42H,1,4-6,8,11-12,14-17,22H2,2-3H3. The third-order valence-corrected chi connectivity index (χ3v) is 14.6. The number of thioether (sulfide) groups is 1. The van der Waals surface area contributed by atoms with E-state index in [9.17, 15) is 0 Å². The molecule has 1 heterocycles. The lowest BCUT2D eigenvalue weighted by Gasteiger charge is -2.44. The zero-order chi connectivity index (χ0) is 31.7. The summed E-state index contributed by atoms with van der Waals surface area (Å²) in [6.45, 7) is 9.87. The SMILES string of the molecule is C=C1c2c(ccc3c2C2C=CC=CC2C3(C)C)SC2CCC=C(c3ccc(N(C4=CCCC5C=CCCC45)C4CCCCC4)cc3)C12. The van der Waals surface area contributed by atoms with Crippen LogP contribution in [0, 0.1) is 23.7 Å². The molecule has 1 fully saturated rings. The van der Waals surface area contributed by atoms with E-state index in [-0.39, 0.29) is 5.41 Å². The summed E-state index contributed by atoms with van der Waals surface area (Å²) >= 11 is 2.14. The summed E-state index contributed by atoms with van der Waals surface area (Å²) in [5, 5.41) is 0.558. The van der Waals surface area contributed by atoms with Crippen LogP contribution in [0.25, 0.3) is 11.1 Å². The van der Waals surface area contributed by atoms with Gasteiger partial charge < -0.3 is 4.90 Å². The molecule has 0 saturated heterocycles. The molecular weight excluding hydrogens is 587 g/mol. The highest BCUT2D eigenvalue weighted by molar-refractivity contribution is 8.00. The number of nitrogens with zero attached hydrogens (tertiary/aromatic N) is 1. The second kappa shape index (κ2) is 11.9. The first-order valence-electron chi connectivity index (χ1n) is 18.9. The predicted molar refractivity (Wildman–Crippen MR) is 202 cm³/mol. The maximum absolute atomic E-state index is 4.97. The maximum Gasteiger partial charge on any atom is 0.0411 e. The molecular formula is C45H51NS. The summed E-state index contributed by atoms with van der Waals surface area (Å²) in [6, 6.07) is 15.4. The zero-order valence-electron chi connectivity index (χ0n) is 28.5. The molecule has 6 atom stereocenters. The van der Waals surface area contributed by atoms with Gasteiger partial charge in [0.25, 0.3) is 0 Å². The molecule has 0 bridgehead atoms. The smallest absolute Gasteiger partial charge is 0.0411 e. The molecule has 242 valence electrons. The number of hydrogen-bond donors (Lipinski definition) is 0. The molecule has 9 rings (SSSR count). The van der Waals surface area contributed by atoms with Gasteiger partial charge in [0.1, 0.15) is 0 Å². The molecule has 0 aromatic heterocycles. The molecule has 0 amide bonds. The Morgan fingerprint density at radius 2 is 1.62 bits per heavy atom. The van der Waals surface area contributed by atoms with Gasteiger partial charge >= 0.3 is 0 Å². The summed E-state index contributed by atoms with van der Waals surface area (Å²) in [6.07, 6.45) is 33.9. The van der Waals surface area contributed by atoms with Crippen molar-refractivity contribution >= 4 is 28.6 Å². The van der Waals surface area contributed by atoms with Crippen LogP contribution in [0.3, 0.4) is 0 Å². The van der Waals surface area contributed by atoms with E-state index in [1.54, 1.807) is 11.3 Å². The Bertz CT molecular complexity index is 1720. The van der Waals surface area contributed by atoms with Gasteiger partial charge in [-0.2, -0.15) is 0 Å². The molecule has 2 aromatic rings. The van der Waals surface area contributed by atoms with Crippen LogP contribution < -0.4 is 4.90 Å². The predicted octanol–water partition coefficient (Wildman–Crippen LogP) is 12.2. The van der Waals surface area contributed by atoms with E-state index in [2.05, 4.69) is 116 Å². The van der Waals surface area contributed by atoms with Crippen molar-refractivity contribution in [1.82, 2.24) is 0 Å². The van der Waals surface area contributed by atoms with Gasteiger partial charge in [0.15, 0.2) is 0 Å². The van der Waals surface area contributed by atoms with Crippen LogP contribution in [-0.2, 0) is 5.41 Å². The molecule has 2 aromatic carbocycles. The third kappa shape index (κ3) is 4.86. The second-order valence-corrected chi connectivity index (χ2v) is 17.3. The molecule has 7 aliphatic rings. The Labute approximate surface area is 287 Å². The van der Waals surface area contributed by atoms with Crippen molar-refractivity contribution in [2.45, 2.75) is 112 Å². The van der Waals surface area contributed by atoms with Crippen molar-refractivity contribution in [3.8, 4) is 0 Å². The van der Waals surface area contributed by atoms with Crippen LogP contribution in [0.1, 0.15) is 113 Å². The maximum atomic E-state index is 4.97. The van der Waals surface area contributed by atoms with E-state index < -0.39 is 0 Å². The molecule has 1 aliphatic heterocycles. The topological polar surface area (TPSA) is 3.24 Å². The quantitative estimate of drug-likeness (QED) is 0.307. The monoisotopic (exact) mass is 637 g/mol. The summed E-state index contributed by atoms with van der Waals surface area (Å²) in [4.78, 5) is 4.29. The fourth-order valence-electron chi connectivity index (χ4n) is 10.9. The number of benzene rings is 2. The minimum absolute atomic E-state index is 0.130. The van der Waals surface area contributed by atoms with Gasteiger partial charge in [0.05, 0.1) is 0 Å². The van der Waals surface area contributed by atoms with Gasteiger partial charge in [-0.05, 0) is 120 Å². The first-order chi connectivity index (χ1) is 23.0. The molecule has 6 aliphatic carbocycles. The van der Waals surface area contributed by atoms with Crippen molar-refractivity contribution in [2.75, 3.05) is 4.90 Å². The van der Waals surface area contributed by atoms with E-state index in [1.807, 2.05) is 0 Å². The van der Waals surface area contributed by atoms with Crippen LogP contribution in [0.5, 0.6) is 0 Å². The molecule has 0 spiro atoms. The fraction of sp³-hybridized carbons (Fsp3) is 0.467. The third-order valence-electron chi connectivity index (χ3n) is 13.2.